The molecule has 146 valence electrons. The lowest BCUT2D eigenvalue weighted by Gasteiger charge is -2.22. The normalized spacial score (nSPS) is 14.1. The largest absolute Gasteiger partial charge is 0.357 e. The Hall–Kier alpha value is -1.31. The molecule has 0 radical (unpaired) electrons. The van der Waals surface area contributed by atoms with Crippen LogP contribution in [0.15, 0.2) is 36.0 Å². The fraction of sp³-hybridized carbons (Fsp3) is 0.600. The molecular formula is C20H34IN5. The molecular weight excluding hydrogens is 437 g/mol. The van der Waals surface area contributed by atoms with Crippen molar-refractivity contribution in [1.29, 1.82) is 0 Å². The number of aromatic nitrogens is 1. The van der Waals surface area contributed by atoms with Crippen LogP contribution >= 0.6 is 24.0 Å². The quantitative estimate of drug-likeness (QED) is 0.194. The molecule has 1 N–H and O–H groups in total. The second kappa shape index (κ2) is 12.9. The zero-order valence-electron chi connectivity index (χ0n) is 16.3. The number of allylic oxidation sites excluding steroid dienone is 1. The number of pyridine rings is 1. The third-order valence-electron chi connectivity index (χ3n) is 4.66. The van der Waals surface area contributed by atoms with Gasteiger partial charge in [-0.2, -0.15) is 0 Å². The Morgan fingerprint density at radius 3 is 2.69 bits per heavy atom. The van der Waals surface area contributed by atoms with E-state index in [0.717, 1.165) is 44.4 Å². The van der Waals surface area contributed by atoms with Gasteiger partial charge >= 0.3 is 0 Å². The van der Waals surface area contributed by atoms with Gasteiger partial charge in [-0.1, -0.05) is 18.6 Å². The van der Waals surface area contributed by atoms with Gasteiger partial charge in [0.1, 0.15) is 5.82 Å². The molecule has 26 heavy (non-hydrogen) atoms. The lowest BCUT2D eigenvalue weighted by Crippen LogP contribution is -2.39. The fourth-order valence-electron chi connectivity index (χ4n) is 3.14. The summed E-state index contributed by atoms with van der Waals surface area (Å²) in [6.45, 7) is 7.80. The van der Waals surface area contributed by atoms with Gasteiger partial charge in [0.25, 0.3) is 0 Å². The first kappa shape index (κ1) is 22.7. The number of hydrogen-bond acceptors (Lipinski definition) is 3. The van der Waals surface area contributed by atoms with E-state index in [1.807, 2.05) is 19.3 Å². The van der Waals surface area contributed by atoms with Crippen molar-refractivity contribution in [3.63, 3.8) is 0 Å². The molecule has 0 atom stereocenters. The molecule has 0 unspecified atom stereocenters. The van der Waals surface area contributed by atoms with Crippen LogP contribution in [0.4, 0.5) is 5.82 Å². The summed E-state index contributed by atoms with van der Waals surface area (Å²) in [6.07, 6.45) is 11.3. The number of guanidine groups is 1. The summed E-state index contributed by atoms with van der Waals surface area (Å²) >= 11 is 0. The summed E-state index contributed by atoms with van der Waals surface area (Å²) in [5.74, 6) is 2.04. The highest BCUT2D eigenvalue weighted by atomic mass is 127. The molecule has 0 aromatic carbocycles. The highest BCUT2D eigenvalue weighted by Gasteiger charge is 2.13. The van der Waals surface area contributed by atoms with Crippen molar-refractivity contribution in [2.45, 2.75) is 45.1 Å². The summed E-state index contributed by atoms with van der Waals surface area (Å²) in [5, 5.41) is 3.43. The van der Waals surface area contributed by atoms with Gasteiger partial charge in [-0.05, 0) is 43.7 Å². The summed E-state index contributed by atoms with van der Waals surface area (Å²) in [6, 6.07) is 4.30. The zero-order valence-corrected chi connectivity index (χ0v) is 18.6. The van der Waals surface area contributed by atoms with Gasteiger partial charge in [-0.3, -0.25) is 4.99 Å². The molecule has 0 amide bonds. The van der Waals surface area contributed by atoms with Gasteiger partial charge in [0.15, 0.2) is 5.96 Å². The summed E-state index contributed by atoms with van der Waals surface area (Å²) in [5.41, 5.74) is 1.18. The third-order valence-corrected chi connectivity index (χ3v) is 4.66. The molecule has 1 aromatic heterocycles. The van der Waals surface area contributed by atoms with Crippen LogP contribution < -0.4 is 10.2 Å². The number of halogens is 1. The van der Waals surface area contributed by atoms with Gasteiger partial charge in [-0.15, -0.1) is 30.6 Å². The van der Waals surface area contributed by atoms with E-state index >= 15 is 0 Å². The Morgan fingerprint density at radius 2 is 2.08 bits per heavy atom. The maximum absolute atomic E-state index is 4.61. The predicted octanol–water partition coefficient (Wildman–Crippen LogP) is 4.05. The van der Waals surface area contributed by atoms with Crippen molar-refractivity contribution in [3.05, 3.63) is 36.5 Å². The Balaban J connectivity index is 0.00000338. The van der Waals surface area contributed by atoms with E-state index in [9.17, 15) is 0 Å². The molecule has 0 saturated carbocycles. The topological polar surface area (TPSA) is 43.8 Å². The standard InChI is InChI=1S/C20H33N5.HI/c1-4-5-6-7-8-13-24(3)20(21-2)23-17-18-11-12-19(22-16-18)25-14-9-10-15-25;/h4,11-12,16H,1,5-10,13-15,17H2,2-3H3,(H,21,23);1H. The van der Waals surface area contributed by atoms with Crippen molar-refractivity contribution < 1.29 is 0 Å². The van der Waals surface area contributed by atoms with Gasteiger partial charge in [0, 0.05) is 46.5 Å². The van der Waals surface area contributed by atoms with E-state index in [1.54, 1.807) is 0 Å². The Bertz CT molecular complexity index is 538. The summed E-state index contributed by atoms with van der Waals surface area (Å²) in [7, 11) is 3.93. The Labute approximate surface area is 176 Å². The average Bonchev–Trinajstić information content (AvgIpc) is 3.17. The van der Waals surface area contributed by atoms with Gasteiger partial charge in [0.05, 0.1) is 0 Å². The Kier molecular flexibility index (Phi) is 11.3. The SMILES string of the molecule is C=CCCCCCN(C)C(=NC)NCc1ccc(N2CCCC2)nc1.I. The van der Waals surface area contributed by atoms with Crippen molar-refractivity contribution in [2.75, 3.05) is 38.6 Å². The molecule has 5 nitrogen and oxygen atoms in total. The van der Waals surface area contributed by atoms with Gasteiger partial charge < -0.3 is 15.1 Å². The molecule has 1 aliphatic heterocycles. The van der Waals surface area contributed by atoms with Crippen LogP contribution in [0.1, 0.15) is 44.1 Å². The minimum Gasteiger partial charge on any atom is -0.357 e. The minimum atomic E-state index is 0. The van der Waals surface area contributed by atoms with E-state index in [0.29, 0.717) is 0 Å². The highest BCUT2D eigenvalue weighted by molar-refractivity contribution is 14.0. The molecule has 1 aliphatic rings. The van der Waals surface area contributed by atoms with Crippen LogP contribution in [0.25, 0.3) is 0 Å². The maximum atomic E-state index is 4.61. The first-order chi connectivity index (χ1) is 12.2. The summed E-state index contributed by atoms with van der Waals surface area (Å²) < 4.78 is 0. The van der Waals surface area contributed by atoms with Crippen LogP contribution in [-0.2, 0) is 6.54 Å². The minimum absolute atomic E-state index is 0. The number of aliphatic imine (C=N–C) groups is 1. The highest BCUT2D eigenvalue weighted by Crippen LogP contribution is 2.17. The van der Waals surface area contributed by atoms with Crippen LogP contribution in [0.2, 0.25) is 0 Å². The van der Waals surface area contributed by atoms with E-state index in [2.05, 4.69) is 50.9 Å². The van der Waals surface area contributed by atoms with Crippen molar-refractivity contribution in [2.24, 2.45) is 4.99 Å². The van der Waals surface area contributed by atoms with Crippen LogP contribution in [0.5, 0.6) is 0 Å². The number of hydrogen-bond donors (Lipinski definition) is 1. The Morgan fingerprint density at radius 1 is 1.31 bits per heavy atom. The fourth-order valence-corrected chi connectivity index (χ4v) is 3.14. The van der Waals surface area contributed by atoms with Gasteiger partial charge in [-0.25, -0.2) is 4.98 Å². The first-order valence-electron chi connectivity index (χ1n) is 9.47. The van der Waals surface area contributed by atoms with Crippen LogP contribution in [-0.4, -0.2) is 49.6 Å². The first-order valence-corrected chi connectivity index (χ1v) is 9.47. The molecule has 0 bridgehead atoms. The zero-order chi connectivity index (χ0) is 17.9. The molecule has 2 rings (SSSR count). The monoisotopic (exact) mass is 471 g/mol. The molecule has 6 heteroatoms. The number of anilines is 1. The lowest BCUT2D eigenvalue weighted by atomic mass is 10.2. The molecule has 0 spiro atoms. The van der Waals surface area contributed by atoms with E-state index in [4.69, 9.17) is 0 Å². The third kappa shape index (κ3) is 7.51. The smallest absolute Gasteiger partial charge is 0.193 e. The molecule has 1 saturated heterocycles. The van der Waals surface area contributed by atoms with E-state index in [1.165, 1.54) is 37.7 Å². The molecule has 2 heterocycles. The number of unbranched alkanes of at least 4 members (excludes halogenated alkanes) is 3. The van der Waals surface area contributed by atoms with Crippen molar-refractivity contribution in [3.8, 4) is 0 Å². The van der Waals surface area contributed by atoms with Crippen LogP contribution in [0, 0.1) is 0 Å². The molecule has 1 fully saturated rings. The predicted molar refractivity (Wildman–Crippen MR) is 123 cm³/mol. The number of rotatable bonds is 9. The van der Waals surface area contributed by atoms with Gasteiger partial charge in [0.2, 0.25) is 0 Å². The second-order valence-corrected chi connectivity index (χ2v) is 6.68. The van der Waals surface area contributed by atoms with Crippen molar-refractivity contribution >= 4 is 35.8 Å². The van der Waals surface area contributed by atoms with E-state index < -0.39 is 0 Å². The molecule has 0 aliphatic carbocycles. The number of nitrogens with zero attached hydrogens (tertiary/aromatic N) is 4. The second-order valence-electron chi connectivity index (χ2n) is 6.68. The summed E-state index contributed by atoms with van der Waals surface area (Å²) in [4.78, 5) is 13.5. The maximum Gasteiger partial charge on any atom is 0.193 e. The lowest BCUT2D eigenvalue weighted by molar-refractivity contribution is 0.455. The molecule has 1 aromatic rings. The average molecular weight is 471 g/mol. The van der Waals surface area contributed by atoms with E-state index in [-0.39, 0.29) is 24.0 Å². The van der Waals surface area contributed by atoms with Crippen LogP contribution in [0.3, 0.4) is 0 Å². The van der Waals surface area contributed by atoms with Crippen molar-refractivity contribution in [1.82, 2.24) is 15.2 Å². The number of nitrogens with one attached hydrogen (secondary N) is 1.